The molecule has 1 aromatic heterocycles. The first-order valence-electron chi connectivity index (χ1n) is 9.39. The molecule has 0 atom stereocenters. The van der Waals surface area contributed by atoms with Crippen LogP contribution in [0.5, 0.6) is 5.75 Å². The van der Waals surface area contributed by atoms with E-state index in [1.165, 1.54) is 43.2 Å². The second-order valence-electron chi connectivity index (χ2n) is 6.61. The minimum Gasteiger partial charge on any atom is -0.497 e. The summed E-state index contributed by atoms with van der Waals surface area (Å²) in [5, 5.41) is 0. The average molecular weight is 336 g/mol. The number of methoxy groups -OCH3 is 1. The molecule has 25 heavy (non-hydrogen) atoms. The van der Waals surface area contributed by atoms with Crippen molar-refractivity contribution < 1.29 is 4.74 Å². The number of aryl methyl sites for hydroxylation is 1. The number of ether oxygens (including phenoxy) is 1. The number of unbranched alkanes of at least 4 members (excludes halogenated alkanes) is 4. The van der Waals surface area contributed by atoms with Gasteiger partial charge in [0, 0.05) is 13.0 Å². The highest BCUT2D eigenvalue weighted by molar-refractivity contribution is 5.76. The van der Waals surface area contributed by atoms with Gasteiger partial charge in [0.25, 0.3) is 0 Å². The minimum atomic E-state index is 0.855. The molecule has 3 heteroatoms. The molecular formula is C22H28N2O. The van der Waals surface area contributed by atoms with Gasteiger partial charge in [-0.05, 0) is 36.2 Å². The number of hydrogen-bond donors (Lipinski definition) is 0. The molecule has 0 fully saturated rings. The first-order valence-corrected chi connectivity index (χ1v) is 9.39. The Labute approximate surface area is 150 Å². The van der Waals surface area contributed by atoms with Gasteiger partial charge in [-0.25, -0.2) is 4.98 Å². The van der Waals surface area contributed by atoms with Gasteiger partial charge in [0.05, 0.1) is 18.1 Å². The molecule has 0 radical (unpaired) electrons. The van der Waals surface area contributed by atoms with E-state index in [-0.39, 0.29) is 0 Å². The molecule has 132 valence electrons. The van der Waals surface area contributed by atoms with Crippen molar-refractivity contribution in [2.45, 2.75) is 52.0 Å². The number of hydrogen-bond acceptors (Lipinski definition) is 2. The average Bonchev–Trinajstić information content (AvgIpc) is 2.99. The van der Waals surface area contributed by atoms with E-state index >= 15 is 0 Å². The topological polar surface area (TPSA) is 27.1 Å². The summed E-state index contributed by atoms with van der Waals surface area (Å²) in [6.45, 7) is 3.31. The lowest BCUT2D eigenvalue weighted by atomic mass is 10.1. The summed E-state index contributed by atoms with van der Waals surface area (Å²) >= 11 is 0. The van der Waals surface area contributed by atoms with Crippen molar-refractivity contribution in [2.24, 2.45) is 0 Å². The van der Waals surface area contributed by atoms with Crippen LogP contribution in [0.25, 0.3) is 11.0 Å². The molecule has 0 aliphatic rings. The summed E-state index contributed by atoms with van der Waals surface area (Å²) in [5.41, 5.74) is 3.62. The molecule has 0 saturated heterocycles. The van der Waals surface area contributed by atoms with Crippen LogP contribution in [0.1, 0.15) is 50.4 Å². The summed E-state index contributed by atoms with van der Waals surface area (Å²) in [4.78, 5) is 4.90. The lowest BCUT2D eigenvalue weighted by molar-refractivity contribution is 0.414. The third-order valence-corrected chi connectivity index (χ3v) is 4.74. The van der Waals surface area contributed by atoms with Crippen LogP contribution in [0.4, 0.5) is 0 Å². The van der Waals surface area contributed by atoms with E-state index in [4.69, 9.17) is 9.72 Å². The van der Waals surface area contributed by atoms with Crippen molar-refractivity contribution >= 4 is 11.0 Å². The van der Waals surface area contributed by atoms with E-state index in [2.05, 4.69) is 47.9 Å². The monoisotopic (exact) mass is 336 g/mol. The molecule has 0 amide bonds. The standard InChI is InChI=1S/C22H28N2O/c1-3-4-5-6-9-16-24-21-11-8-7-10-20(21)23-22(24)17-18-12-14-19(25-2)15-13-18/h7-8,10-15H,3-6,9,16-17H2,1-2H3. The summed E-state index contributed by atoms with van der Waals surface area (Å²) in [5.74, 6) is 2.05. The highest BCUT2D eigenvalue weighted by Crippen LogP contribution is 2.21. The Morgan fingerprint density at radius 1 is 0.920 bits per heavy atom. The van der Waals surface area contributed by atoms with Crippen LogP contribution in [-0.4, -0.2) is 16.7 Å². The van der Waals surface area contributed by atoms with E-state index in [0.717, 1.165) is 30.1 Å². The Bertz CT molecular complexity index is 789. The number of para-hydroxylation sites is 2. The Kier molecular flexibility index (Phi) is 6.10. The van der Waals surface area contributed by atoms with Crippen LogP contribution >= 0.6 is 0 Å². The van der Waals surface area contributed by atoms with Crippen LogP contribution in [0, 0.1) is 0 Å². The smallest absolute Gasteiger partial charge is 0.118 e. The maximum atomic E-state index is 5.26. The number of rotatable bonds is 9. The lowest BCUT2D eigenvalue weighted by Crippen LogP contribution is -2.05. The van der Waals surface area contributed by atoms with E-state index in [1.54, 1.807) is 7.11 Å². The van der Waals surface area contributed by atoms with Gasteiger partial charge >= 0.3 is 0 Å². The highest BCUT2D eigenvalue weighted by Gasteiger charge is 2.11. The zero-order valence-electron chi connectivity index (χ0n) is 15.4. The predicted octanol–water partition coefficient (Wildman–Crippen LogP) is 5.61. The van der Waals surface area contributed by atoms with E-state index in [9.17, 15) is 0 Å². The molecule has 1 heterocycles. The number of fused-ring (bicyclic) bond motifs is 1. The summed E-state index contributed by atoms with van der Waals surface area (Å²) in [6, 6.07) is 16.8. The number of aromatic nitrogens is 2. The maximum Gasteiger partial charge on any atom is 0.118 e. The van der Waals surface area contributed by atoms with Gasteiger partial charge < -0.3 is 9.30 Å². The Morgan fingerprint density at radius 2 is 1.68 bits per heavy atom. The van der Waals surface area contributed by atoms with E-state index < -0.39 is 0 Å². The molecule has 0 saturated carbocycles. The van der Waals surface area contributed by atoms with Gasteiger partial charge in [-0.3, -0.25) is 0 Å². The van der Waals surface area contributed by atoms with E-state index in [0.29, 0.717) is 0 Å². The van der Waals surface area contributed by atoms with E-state index in [1.807, 2.05) is 12.1 Å². The lowest BCUT2D eigenvalue weighted by Gasteiger charge is -2.10. The van der Waals surface area contributed by atoms with Crippen LogP contribution < -0.4 is 4.74 Å². The van der Waals surface area contributed by atoms with Crippen LogP contribution in [0.15, 0.2) is 48.5 Å². The molecule has 0 N–H and O–H groups in total. The molecule has 0 spiro atoms. The summed E-state index contributed by atoms with van der Waals surface area (Å²) in [7, 11) is 1.70. The molecule has 3 nitrogen and oxygen atoms in total. The quantitative estimate of drug-likeness (QED) is 0.475. The van der Waals surface area contributed by atoms with Gasteiger partial charge in [0.2, 0.25) is 0 Å². The number of nitrogens with zero attached hydrogens (tertiary/aromatic N) is 2. The zero-order valence-corrected chi connectivity index (χ0v) is 15.4. The van der Waals surface area contributed by atoms with Crippen molar-refractivity contribution in [3.05, 3.63) is 59.9 Å². The second-order valence-corrected chi connectivity index (χ2v) is 6.61. The minimum absolute atomic E-state index is 0.855. The maximum absolute atomic E-state index is 5.26. The Morgan fingerprint density at radius 3 is 2.44 bits per heavy atom. The first kappa shape index (κ1) is 17.5. The fourth-order valence-corrected chi connectivity index (χ4v) is 3.31. The van der Waals surface area contributed by atoms with Crippen molar-refractivity contribution in [2.75, 3.05) is 7.11 Å². The van der Waals surface area contributed by atoms with Gasteiger partial charge in [0.1, 0.15) is 11.6 Å². The molecule has 2 aromatic carbocycles. The second kappa shape index (κ2) is 8.70. The fourth-order valence-electron chi connectivity index (χ4n) is 3.31. The van der Waals surface area contributed by atoms with Gasteiger partial charge in [-0.15, -0.1) is 0 Å². The molecule has 0 aliphatic heterocycles. The summed E-state index contributed by atoms with van der Waals surface area (Å²) in [6.07, 6.45) is 7.32. The first-order chi connectivity index (χ1) is 12.3. The third kappa shape index (κ3) is 4.41. The molecule has 0 aliphatic carbocycles. The Hall–Kier alpha value is -2.29. The molecule has 0 bridgehead atoms. The number of imidazole rings is 1. The fraction of sp³-hybridized carbons (Fsp3) is 0.409. The van der Waals surface area contributed by atoms with Gasteiger partial charge in [-0.1, -0.05) is 56.9 Å². The van der Waals surface area contributed by atoms with Gasteiger partial charge in [-0.2, -0.15) is 0 Å². The van der Waals surface area contributed by atoms with Crippen LogP contribution in [-0.2, 0) is 13.0 Å². The van der Waals surface area contributed by atoms with Gasteiger partial charge in [0.15, 0.2) is 0 Å². The van der Waals surface area contributed by atoms with Crippen molar-refractivity contribution in [1.29, 1.82) is 0 Å². The molecule has 3 aromatic rings. The highest BCUT2D eigenvalue weighted by atomic mass is 16.5. The van der Waals surface area contributed by atoms with Crippen molar-refractivity contribution in [3.8, 4) is 5.75 Å². The number of benzene rings is 2. The van der Waals surface area contributed by atoms with Crippen LogP contribution in [0.2, 0.25) is 0 Å². The third-order valence-electron chi connectivity index (χ3n) is 4.74. The SMILES string of the molecule is CCCCCCCn1c(Cc2ccc(OC)cc2)nc2ccccc21. The summed E-state index contributed by atoms with van der Waals surface area (Å²) < 4.78 is 7.66. The largest absolute Gasteiger partial charge is 0.497 e. The zero-order chi connectivity index (χ0) is 17.5. The normalized spacial score (nSPS) is 11.1. The predicted molar refractivity (Wildman–Crippen MR) is 104 cm³/mol. The Balaban J connectivity index is 1.79. The van der Waals surface area contributed by atoms with Crippen LogP contribution in [0.3, 0.4) is 0 Å². The van der Waals surface area contributed by atoms with Crippen molar-refractivity contribution in [3.63, 3.8) is 0 Å². The van der Waals surface area contributed by atoms with Crippen molar-refractivity contribution in [1.82, 2.24) is 9.55 Å². The molecular weight excluding hydrogens is 308 g/mol. The molecule has 3 rings (SSSR count). The molecule has 0 unspecified atom stereocenters.